The van der Waals surface area contributed by atoms with Crippen LogP contribution in [0.1, 0.15) is 25.3 Å². The predicted octanol–water partition coefficient (Wildman–Crippen LogP) is 3.94. The minimum atomic E-state index is -0.964. The van der Waals surface area contributed by atoms with Crippen molar-refractivity contribution in [2.24, 2.45) is 11.8 Å². The Morgan fingerprint density at radius 3 is 2.57 bits per heavy atom. The van der Waals surface area contributed by atoms with Crippen molar-refractivity contribution in [3.05, 3.63) is 66.2 Å². The molecule has 8 nitrogen and oxygen atoms in total. The van der Waals surface area contributed by atoms with E-state index in [1.165, 1.54) is 11.0 Å². The molecule has 37 heavy (non-hydrogen) atoms. The number of nitriles is 1. The third-order valence-corrected chi connectivity index (χ3v) is 8.24. The third kappa shape index (κ3) is 3.28. The molecule has 3 aromatic carbocycles. The molecule has 3 saturated heterocycles. The van der Waals surface area contributed by atoms with Crippen LogP contribution in [0.15, 0.2) is 60.7 Å². The van der Waals surface area contributed by atoms with Gasteiger partial charge in [0, 0.05) is 36.8 Å². The van der Waals surface area contributed by atoms with Gasteiger partial charge in [-0.3, -0.25) is 9.59 Å². The Bertz CT molecular complexity index is 1480. The van der Waals surface area contributed by atoms with Gasteiger partial charge in [-0.05, 0) is 31.2 Å². The summed E-state index contributed by atoms with van der Waals surface area (Å²) < 4.78 is 18.2. The number of aromatic hydroxyl groups is 1. The van der Waals surface area contributed by atoms with Crippen molar-refractivity contribution in [1.82, 2.24) is 0 Å². The van der Waals surface area contributed by atoms with Crippen molar-refractivity contribution in [2.45, 2.75) is 37.1 Å². The zero-order chi connectivity index (χ0) is 25.9. The number of ether oxygens (including phenoxy) is 3. The van der Waals surface area contributed by atoms with Gasteiger partial charge in [-0.25, -0.2) is 4.90 Å². The number of carbonyl (C=O) groups excluding carboxylic acids is 2. The monoisotopic (exact) mass is 498 g/mol. The highest BCUT2D eigenvalue weighted by Gasteiger charge is 2.77. The summed E-state index contributed by atoms with van der Waals surface area (Å²) in [6.07, 6.45) is 0.482. The number of phenols is 1. The quantitative estimate of drug-likeness (QED) is 0.513. The van der Waals surface area contributed by atoms with Crippen molar-refractivity contribution in [3.8, 4) is 17.6 Å². The Kier molecular flexibility index (Phi) is 5.26. The maximum Gasteiger partial charge on any atom is 0.240 e. The Morgan fingerprint density at radius 1 is 1.08 bits per heavy atom. The largest absolute Gasteiger partial charge is 0.508 e. The average molecular weight is 499 g/mol. The number of imide groups is 1. The van der Waals surface area contributed by atoms with E-state index in [4.69, 9.17) is 14.2 Å². The highest BCUT2D eigenvalue weighted by Crippen LogP contribution is 2.63. The lowest BCUT2D eigenvalue weighted by molar-refractivity contribution is -0.135. The summed E-state index contributed by atoms with van der Waals surface area (Å²) in [6, 6.07) is 19.3. The summed E-state index contributed by atoms with van der Waals surface area (Å²) in [6.45, 7) is 2.09. The average Bonchev–Trinajstić information content (AvgIpc) is 3.45. The summed E-state index contributed by atoms with van der Waals surface area (Å²) in [5.74, 6) is -1.39. The van der Waals surface area contributed by atoms with Crippen molar-refractivity contribution >= 4 is 28.3 Å². The minimum Gasteiger partial charge on any atom is -0.508 e. The van der Waals surface area contributed by atoms with Gasteiger partial charge in [0.05, 0.1) is 47.5 Å². The summed E-state index contributed by atoms with van der Waals surface area (Å²) in [5.41, 5.74) is -0.939. The summed E-state index contributed by atoms with van der Waals surface area (Å²) in [7, 11) is 1.60. The lowest BCUT2D eigenvalue weighted by Gasteiger charge is -2.35. The first-order chi connectivity index (χ1) is 17.8. The predicted molar refractivity (Wildman–Crippen MR) is 134 cm³/mol. The molecule has 8 heteroatoms. The SMILES string of the molecule is CO[C@@H]1C[C@]2(CCOc3cccc(O)c3)O[C@@]1(C)[C@H]1C(=O)N(c3ccc(C#N)c4ccccc34)C(=O)[C@H]12. The number of amides is 2. The van der Waals surface area contributed by atoms with E-state index in [1.54, 1.807) is 37.4 Å². The fraction of sp³-hybridized carbons (Fsp3) is 0.345. The van der Waals surface area contributed by atoms with Crippen LogP contribution in [-0.2, 0) is 19.1 Å². The number of fused-ring (bicyclic) bond motifs is 6. The van der Waals surface area contributed by atoms with Crippen LogP contribution >= 0.6 is 0 Å². The zero-order valence-corrected chi connectivity index (χ0v) is 20.5. The van der Waals surface area contributed by atoms with Gasteiger partial charge in [0.25, 0.3) is 0 Å². The molecule has 5 atom stereocenters. The topological polar surface area (TPSA) is 109 Å². The molecule has 2 amide bonds. The molecule has 0 aromatic heterocycles. The molecule has 3 aliphatic rings. The molecule has 0 saturated carbocycles. The Balaban J connectivity index is 1.37. The first-order valence-corrected chi connectivity index (χ1v) is 12.3. The fourth-order valence-electron chi connectivity index (χ4n) is 6.65. The highest BCUT2D eigenvalue weighted by molar-refractivity contribution is 6.26. The molecule has 2 bridgehead atoms. The van der Waals surface area contributed by atoms with Crippen LogP contribution in [0.2, 0.25) is 0 Å². The molecule has 3 aliphatic heterocycles. The summed E-state index contributed by atoms with van der Waals surface area (Å²) in [4.78, 5) is 29.3. The molecule has 1 N–H and O–H groups in total. The molecule has 3 aromatic rings. The second-order valence-electron chi connectivity index (χ2n) is 10.1. The smallest absolute Gasteiger partial charge is 0.240 e. The fourth-order valence-corrected chi connectivity index (χ4v) is 6.65. The molecular weight excluding hydrogens is 472 g/mol. The van der Waals surface area contributed by atoms with Crippen LogP contribution in [-0.4, -0.2) is 47.9 Å². The highest BCUT2D eigenvalue weighted by atomic mass is 16.6. The Hall–Kier alpha value is -3.93. The van der Waals surface area contributed by atoms with E-state index in [0.717, 1.165) is 0 Å². The zero-order valence-electron chi connectivity index (χ0n) is 20.5. The van der Waals surface area contributed by atoms with E-state index in [9.17, 15) is 20.0 Å². The normalized spacial score (nSPS) is 30.1. The van der Waals surface area contributed by atoms with Gasteiger partial charge in [0.15, 0.2) is 0 Å². The van der Waals surface area contributed by atoms with E-state index in [0.29, 0.717) is 40.6 Å². The number of anilines is 1. The van der Waals surface area contributed by atoms with Gasteiger partial charge < -0.3 is 19.3 Å². The van der Waals surface area contributed by atoms with E-state index >= 15 is 0 Å². The Morgan fingerprint density at radius 2 is 1.84 bits per heavy atom. The van der Waals surface area contributed by atoms with Gasteiger partial charge in [0.1, 0.15) is 17.1 Å². The summed E-state index contributed by atoms with van der Waals surface area (Å²) >= 11 is 0. The van der Waals surface area contributed by atoms with Gasteiger partial charge in [-0.1, -0.05) is 30.3 Å². The van der Waals surface area contributed by atoms with Crippen molar-refractivity contribution < 1.29 is 28.9 Å². The lowest BCUT2D eigenvalue weighted by atomic mass is 9.66. The van der Waals surface area contributed by atoms with E-state index < -0.39 is 23.0 Å². The van der Waals surface area contributed by atoms with Gasteiger partial charge in [-0.15, -0.1) is 0 Å². The maximum atomic E-state index is 14.1. The first kappa shape index (κ1) is 23.5. The molecule has 188 valence electrons. The second kappa shape index (κ2) is 8.30. The van der Waals surface area contributed by atoms with Crippen molar-refractivity contribution in [1.29, 1.82) is 5.26 Å². The van der Waals surface area contributed by atoms with Gasteiger partial charge in [-0.2, -0.15) is 5.26 Å². The second-order valence-corrected chi connectivity index (χ2v) is 10.1. The Labute approximate surface area is 214 Å². The van der Waals surface area contributed by atoms with E-state index in [-0.39, 0.29) is 30.3 Å². The van der Waals surface area contributed by atoms with Crippen molar-refractivity contribution in [3.63, 3.8) is 0 Å². The number of rotatable bonds is 6. The number of hydrogen-bond donors (Lipinski definition) is 1. The molecule has 3 heterocycles. The van der Waals surface area contributed by atoms with Gasteiger partial charge in [0.2, 0.25) is 11.8 Å². The van der Waals surface area contributed by atoms with Crippen LogP contribution in [0.25, 0.3) is 10.8 Å². The number of methoxy groups -OCH3 is 1. The molecule has 3 fully saturated rings. The van der Waals surface area contributed by atoms with Gasteiger partial charge >= 0.3 is 0 Å². The molecule has 0 aliphatic carbocycles. The number of benzene rings is 3. The van der Waals surface area contributed by atoms with E-state index in [1.807, 2.05) is 31.2 Å². The maximum absolute atomic E-state index is 14.1. The van der Waals surface area contributed by atoms with Crippen LogP contribution in [0.5, 0.6) is 11.5 Å². The minimum absolute atomic E-state index is 0.0996. The molecule has 0 radical (unpaired) electrons. The molecule has 0 spiro atoms. The van der Waals surface area contributed by atoms with Crippen LogP contribution < -0.4 is 9.64 Å². The number of carbonyl (C=O) groups is 2. The third-order valence-electron chi connectivity index (χ3n) is 8.24. The molecule has 0 unspecified atom stereocenters. The standard InChI is InChI=1S/C29H26N2O6/c1-28-23(35-2)15-29(37-28,12-13-36-19-7-5-6-18(32)14-19)25-24(28)26(33)31(27(25)34)22-11-10-17(16-30)20-8-3-4-9-21(20)22/h3-11,14,23-25,32H,12-13,15H2,1-2H3/t23-,24-,25+,28-,29+/m1/s1. The van der Waals surface area contributed by atoms with Crippen LogP contribution in [0, 0.1) is 23.2 Å². The molecule has 6 rings (SSSR count). The summed E-state index contributed by atoms with van der Waals surface area (Å²) in [5, 5.41) is 20.7. The van der Waals surface area contributed by atoms with Crippen LogP contribution in [0.3, 0.4) is 0 Å². The number of nitrogens with zero attached hydrogens (tertiary/aromatic N) is 2. The lowest BCUT2D eigenvalue weighted by Crippen LogP contribution is -2.50. The first-order valence-electron chi connectivity index (χ1n) is 12.3. The molecular formula is C29H26N2O6. The number of phenolic OH excluding ortho intramolecular Hbond substituents is 1. The van der Waals surface area contributed by atoms with E-state index in [2.05, 4.69) is 6.07 Å². The number of hydrogen-bond acceptors (Lipinski definition) is 7. The van der Waals surface area contributed by atoms with Crippen molar-refractivity contribution in [2.75, 3.05) is 18.6 Å². The van der Waals surface area contributed by atoms with Crippen LogP contribution in [0.4, 0.5) is 5.69 Å².